The van der Waals surface area contributed by atoms with Gasteiger partial charge in [0.15, 0.2) is 11.5 Å². The average Bonchev–Trinajstić information content (AvgIpc) is 3.12. The molecule has 3 N–H and O–H groups in total. The number of benzene rings is 1. The Morgan fingerprint density at radius 2 is 2.17 bits per heavy atom. The average molecular weight is 333 g/mol. The largest absolute Gasteiger partial charge is 0.454 e. The molecule has 1 amide bonds. The van der Waals surface area contributed by atoms with Crippen LogP contribution in [0.3, 0.4) is 0 Å². The Hall–Kier alpha value is -2.12. The molecule has 0 bridgehead atoms. The van der Waals surface area contributed by atoms with Crippen molar-refractivity contribution >= 4 is 17.2 Å². The van der Waals surface area contributed by atoms with Gasteiger partial charge >= 0.3 is 0 Å². The molecule has 122 valence electrons. The summed E-state index contributed by atoms with van der Waals surface area (Å²) in [5, 5.41) is 5.57. The molecule has 0 fully saturated rings. The van der Waals surface area contributed by atoms with Gasteiger partial charge in [-0.2, -0.15) is 0 Å². The first-order chi connectivity index (χ1) is 10.9. The summed E-state index contributed by atoms with van der Waals surface area (Å²) in [6, 6.07) is 5.71. The molecular formula is C16H19N3O3S. The highest BCUT2D eigenvalue weighted by Crippen LogP contribution is 2.36. The zero-order valence-electron chi connectivity index (χ0n) is 13.1. The Balaban J connectivity index is 1.65. The summed E-state index contributed by atoms with van der Waals surface area (Å²) in [4.78, 5) is 16.4. The van der Waals surface area contributed by atoms with Crippen LogP contribution in [0.4, 0.5) is 0 Å². The fourth-order valence-corrected chi connectivity index (χ4v) is 2.92. The van der Waals surface area contributed by atoms with Crippen molar-refractivity contribution in [1.82, 2.24) is 10.3 Å². The SMILES string of the molecule is CC(C)(N)CNC(=O)Cc1csc(-c2ccc3c(c2)OCO3)n1. The third kappa shape index (κ3) is 4.00. The third-order valence-corrected chi connectivity index (χ3v) is 4.19. The van der Waals surface area contributed by atoms with Crippen molar-refractivity contribution in [3.05, 3.63) is 29.3 Å². The quantitative estimate of drug-likeness (QED) is 0.873. The number of nitrogens with one attached hydrogen (secondary N) is 1. The Labute approximate surface area is 138 Å². The number of amides is 1. The summed E-state index contributed by atoms with van der Waals surface area (Å²) in [7, 11) is 0. The van der Waals surface area contributed by atoms with Crippen LogP contribution in [0.25, 0.3) is 10.6 Å². The van der Waals surface area contributed by atoms with Crippen LogP contribution < -0.4 is 20.5 Å². The summed E-state index contributed by atoms with van der Waals surface area (Å²) < 4.78 is 10.7. The van der Waals surface area contributed by atoms with Crippen LogP contribution in [-0.2, 0) is 11.2 Å². The van der Waals surface area contributed by atoms with Gasteiger partial charge in [0.05, 0.1) is 12.1 Å². The molecule has 3 rings (SSSR count). The normalized spacial score (nSPS) is 13.2. The smallest absolute Gasteiger partial charge is 0.231 e. The summed E-state index contributed by atoms with van der Waals surface area (Å²) in [5.41, 5.74) is 7.13. The third-order valence-electron chi connectivity index (χ3n) is 3.25. The molecule has 0 saturated carbocycles. The van der Waals surface area contributed by atoms with Gasteiger partial charge in [-0.25, -0.2) is 4.98 Å². The van der Waals surface area contributed by atoms with Crippen molar-refractivity contribution in [1.29, 1.82) is 0 Å². The zero-order chi connectivity index (χ0) is 16.4. The van der Waals surface area contributed by atoms with Gasteiger partial charge in [-0.05, 0) is 32.0 Å². The predicted octanol–water partition coefficient (Wildman–Crippen LogP) is 1.93. The zero-order valence-corrected chi connectivity index (χ0v) is 13.9. The van der Waals surface area contributed by atoms with Gasteiger partial charge in [0.2, 0.25) is 12.7 Å². The van der Waals surface area contributed by atoms with Crippen molar-refractivity contribution in [3.63, 3.8) is 0 Å². The van der Waals surface area contributed by atoms with Gasteiger partial charge in [-0.15, -0.1) is 11.3 Å². The molecule has 1 aromatic heterocycles. The van der Waals surface area contributed by atoms with Crippen LogP contribution in [0.5, 0.6) is 11.5 Å². The number of carbonyl (C=O) groups is 1. The van der Waals surface area contributed by atoms with E-state index < -0.39 is 5.54 Å². The van der Waals surface area contributed by atoms with E-state index >= 15 is 0 Å². The predicted molar refractivity (Wildman–Crippen MR) is 88.7 cm³/mol. The van der Waals surface area contributed by atoms with Crippen LogP contribution in [-0.4, -0.2) is 29.8 Å². The minimum atomic E-state index is -0.421. The molecule has 6 nitrogen and oxygen atoms in total. The summed E-state index contributed by atoms with van der Waals surface area (Å²) in [6.45, 7) is 4.42. The number of nitrogens with two attached hydrogens (primary N) is 1. The molecule has 2 heterocycles. The number of nitrogens with zero attached hydrogens (tertiary/aromatic N) is 1. The number of rotatable bonds is 5. The fourth-order valence-electron chi connectivity index (χ4n) is 2.10. The molecular weight excluding hydrogens is 314 g/mol. The van der Waals surface area contributed by atoms with E-state index in [4.69, 9.17) is 15.2 Å². The molecule has 7 heteroatoms. The Kier molecular flexibility index (Phi) is 4.23. The molecule has 0 saturated heterocycles. The molecule has 1 aliphatic rings. The Morgan fingerprint density at radius 3 is 2.96 bits per heavy atom. The van der Waals surface area contributed by atoms with Gasteiger partial charge < -0.3 is 20.5 Å². The number of thiazole rings is 1. The fraction of sp³-hybridized carbons (Fsp3) is 0.375. The van der Waals surface area contributed by atoms with E-state index in [-0.39, 0.29) is 19.1 Å². The summed E-state index contributed by atoms with van der Waals surface area (Å²) in [5.74, 6) is 1.39. The molecule has 0 unspecified atom stereocenters. The van der Waals surface area contributed by atoms with E-state index in [9.17, 15) is 4.79 Å². The highest BCUT2D eigenvalue weighted by molar-refractivity contribution is 7.13. The minimum Gasteiger partial charge on any atom is -0.454 e. The highest BCUT2D eigenvalue weighted by atomic mass is 32.1. The lowest BCUT2D eigenvalue weighted by molar-refractivity contribution is -0.120. The minimum absolute atomic E-state index is 0.0777. The van der Waals surface area contributed by atoms with Crippen LogP contribution in [0, 0.1) is 0 Å². The number of hydrogen-bond acceptors (Lipinski definition) is 6. The van der Waals surface area contributed by atoms with Gasteiger partial charge in [-0.1, -0.05) is 0 Å². The van der Waals surface area contributed by atoms with Gasteiger partial charge in [0, 0.05) is 23.0 Å². The molecule has 0 radical (unpaired) electrons. The van der Waals surface area contributed by atoms with E-state index in [1.807, 2.05) is 37.4 Å². The van der Waals surface area contributed by atoms with Crippen LogP contribution in [0.15, 0.2) is 23.6 Å². The van der Waals surface area contributed by atoms with E-state index in [2.05, 4.69) is 10.3 Å². The second-order valence-corrected chi connectivity index (χ2v) is 7.01. The number of ether oxygens (including phenoxy) is 2. The summed E-state index contributed by atoms with van der Waals surface area (Å²) in [6.07, 6.45) is 0.247. The number of hydrogen-bond donors (Lipinski definition) is 2. The first-order valence-corrected chi connectivity index (χ1v) is 8.19. The lowest BCUT2D eigenvalue weighted by Crippen LogP contribution is -2.45. The number of fused-ring (bicyclic) bond motifs is 1. The Bertz CT molecular complexity index is 722. The Morgan fingerprint density at radius 1 is 1.39 bits per heavy atom. The van der Waals surface area contributed by atoms with E-state index in [0.29, 0.717) is 6.54 Å². The van der Waals surface area contributed by atoms with Gasteiger partial charge in [0.25, 0.3) is 0 Å². The van der Waals surface area contributed by atoms with Crippen molar-refractivity contribution in [2.45, 2.75) is 25.8 Å². The van der Waals surface area contributed by atoms with Gasteiger partial charge in [0.1, 0.15) is 5.01 Å². The summed E-state index contributed by atoms with van der Waals surface area (Å²) >= 11 is 1.50. The lowest BCUT2D eigenvalue weighted by Gasteiger charge is -2.18. The monoisotopic (exact) mass is 333 g/mol. The standard InChI is InChI=1S/C16H19N3O3S/c1-16(2,17)8-18-14(20)6-11-7-23-15(19-11)10-3-4-12-13(5-10)22-9-21-12/h3-5,7H,6,8-9,17H2,1-2H3,(H,18,20). The first-order valence-electron chi connectivity index (χ1n) is 7.31. The van der Waals surface area contributed by atoms with E-state index in [1.54, 1.807) is 0 Å². The van der Waals surface area contributed by atoms with E-state index in [1.165, 1.54) is 11.3 Å². The molecule has 1 aliphatic heterocycles. The second-order valence-electron chi connectivity index (χ2n) is 6.15. The lowest BCUT2D eigenvalue weighted by atomic mass is 10.1. The number of carbonyl (C=O) groups excluding carboxylic acids is 1. The van der Waals surface area contributed by atoms with Crippen molar-refractivity contribution in [2.75, 3.05) is 13.3 Å². The molecule has 1 aromatic carbocycles. The van der Waals surface area contributed by atoms with E-state index in [0.717, 1.165) is 27.8 Å². The van der Waals surface area contributed by atoms with Gasteiger partial charge in [-0.3, -0.25) is 4.79 Å². The van der Waals surface area contributed by atoms with Crippen LogP contribution in [0.1, 0.15) is 19.5 Å². The van der Waals surface area contributed by atoms with Crippen molar-refractivity contribution in [3.8, 4) is 22.1 Å². The number of aromatic nitrogens is 1. The van der Waals surface area contributed by atoms with Crippen LogP contribution in [0.2, 0.25) is 0 Å². The first kappa shape index (κ1) is 15.8. The molecule has 2 aromatic rings. The topological polar surface area (TPSA) is 86.5 Å². The molecule has 0 spiro atoms. The maximum atomic E-state index is 11.9. The van der Waals surface area contributed by atoms with Crippen LogP contribution >= 0.6 is 11.3 Å². The maximum absolute atomic E-state index is 11.9. The molecule has 23 heavy (non-hydrogen) atoms. The molecule has 0 aliphatic carbocycles. The second kappa shape index (κ2) is 6.17. The van der Waals surface area contributed by atoms with Crippen molar-refractivity contribution < 1.29 is 14.3 Å². The van der Waals surface area contributed by atoms with Crippen molar-refractivity contribution in [2.24, 2.45) is 5.73 Å². The maximum Gasteiger partial charge on any atom is 0.231 e. The highest BCUT2D eigenvalue weighted by Gasteiger charge is 2.16. The molecule has 0 atom stereocenters.